The summed E-state index contributed by atoms with van der Waals surface area (Å²) in [7, 11) is 0. The summed E-state index contributed by atoms with van der Waals surface area (Å²) in [5.74, 6) is 0.885. The van der Waals surface area contributed by atoms with Crippen molar-refractivity contribution in [2.45, 2.75) is 13.0 Å². The van der Waals surface area contributed by atoms with Crippen molar-refractivity contribution in [2.24, 2.45) is 0 Å². The van der Waals surface area contributed by atoms with Crippen molar-refractivity contribution in [1.82, 2.24) is 0 Å². The first kappa shape index (κ1) is 11.6. The molecule has 1 heterocycles. The Hall–Kier alpha value is -0.930. The molecule has 4 heteroatoms. The van der Waals surface area contributed by atoms with Gasteiger partial charge in [0.2, 0.25) is 0 Å². The van der Waals surface area contributed by atoms with Crippen LogP contribution in [0, 0.1) is 0 Å². The summed E-state index contributed by atoms with van der Waals surface area (Å²) < 4.78 is 6.31. The first-order valence-electron chi connectivity index (χ1n) is 4.92. The van der Waals surface area contributed by atoms with Crippen molar-refractivity contribution in [2.75, 3.05) is 5.32 Å². The minimum Gasteiger partial charge on any atom is -0.467 e. The van der Waals surface area contributed by atoms with Gasteiger partial charge in [0.1, 0.15) is 5.76 Å². The van der Waals surface area contributed by atoms with Gasteiger partial charge in [0, 0.05) is 4.47 Å². The Morgan fingerprint density at radius 3 is 2.88 bits per heavy atom. The minimum atomic E-state index is 0.0850. The number of furan rings is 1. The summed E-state index contributed by atoms with van der Waals surface area (Å²) >= 11 is 9.50. The van der Waals surface area contributed by atoms with Crippen LogP contribution in [0.2, 0.25) is 5.02 Å². The second-order valence-corrected chi connectivity index (χ2v) is 4.83. The molecule has 0 aliphatic rings. The van der Waals surface area contributed by atoms with Gasteiger partial charge in [0.25, 0.3) is 0 Å². The maximum Gasteiger partial charge on any atom is 0.125 e. The Bertz CT molecular complexity index is 470. The lowest BCUT2D eigenvalue weighted by molar-refractivity contribution is 0.490. The van der Waals surface area contributed by atoms with Gasteiger partial charge >= 0.3 is 0 Å². The van der Waals surface area contributed by atoms with Crippen molar-refractivity contribution in [1.29, 1.82) is 0 Å². The molecule has 84 valence electrons. The number of hydrogen-bond donors (Lipinski definition) is 1. The van der Waals surface area contributed by atoms with Crippen LogP contribution in [0.25, 0.3) is 0 Å². The molecule has 1 aromatic carbocycles. The molecular formula is C12H11BrClNO. The number of nitrogens with one attached hydrogen (secondary N) is 1. The molecule has 0 radical (unpaired) electrons. The molecule has 0 aliphatic heterocycles. The van der Waals surface area contributed by atoms with Crippen LogP contribution >= 0.6 is 27.5 Å². The van der Waals surface area contributed by atoms with Crippen molar-refractivity contribution in [3.63, 3.8) is 0 Å². The van der Waals surface area contributed by atoms with E-state index < -0.39 is 0 Å². The molecule has 2 nitrogen and oxygen atoms in total. The van der Waals surface area contributed by atoms with Crippen LogP contribution in [0.4, 0.5) is 5.69 Å². The average Bonchev–Trinajstić information content (AvgIpc) is 2.76. The standard InChI is InChI=1S/C12H11BrClNO/c1-8(12-3-2-6-16-12)15-11-7-9(13)4-5-10(11)14/h2-8,15H,1H3. The van der Waals surface area contributed by atoms with E-state index in [9.17, 15) is 0 Å². The zero-order valence-electron chi connectivity index (χ0n) is 8.71. The average molecular weight is 301 g/mol. The lowest BCUT2D eigenvalue weighted by Crippen LogP contribution is -2.05. The molecule has 16 heavy (non-hydrogen) atoms. The lowest BCUT2D eigenvalue weighted by Gasteiger charge is -2.14. The topological polar surface area (TPSA) is 25.2 Å². The zero-order valence-corrected chi connectivity index (χ0v) is 11.0. The van der Waals surface area contributed by atoms with Gasteiger partial charge in [-0.2, -0.15) is 0 Å². The normalized spacial score (nSPS) is 12.4. The smallest absolute Gasteiger partial charge is 0.125 e. The van der Waals surface area contributed by atoms with Crippen molar-refractivity contribution < 1.29 is 4.42 Å². The quantitative estimate of drug-likeness (QED) is 0.875. The van der Waals surface area contributed by atoms with Gasteiger partial charge in [-0.05, 0) is 37.3 Å². The molecule has 0 bridgehead atoms. The molecule has 0 amide bonds. The van der Waals surface area contributed by atoms with Gasteiger partial charge in [-0.3, -0.25) is 0 Å². The summed E-state index contributed by atoms with van der Waals surface area (Å²) in [6.07, 6.45) is 1.66. The fraction of sp³-hybridized carbons (Fsp3) is 0.167. The summed E-state index contributed by atoms with van der Waals surface area (Å²) in [5.41, 5.74) is 0.889. The van der Waals surface area contributed by atoms with E-state index in [1.165, 1.54) is 0 Å². The van der Waals surface area contributed by atoms with Crippen LogP contribution in [-0.4, -0.2) is 0 Å². The fourth-order valence-corrected chi connectivity index (χ4v) is 1.98. The predicted molar refractivity (Wildman–Crippen MR) is 69.9 cm³/mol. The van der Waals surface area contributed by atoms with Gasteiger partial charge in [0.05, 0.1) is 23.0 Å². The molecule has 1 N–H and O–H groups in total. The first-order chi connectivity index (χ1) is 7.66. The molecule has 0 spiro atoms. The second-order valence-electron chi connectivity index (χ2n) is 3.51. The van der Waals surface area contributed by atoms with E-state index in [0.29, 0.717) is 5.02 Å². The van der Waals surface area contributed by atoms with Gasteiger partial charge in [-0.15, -0.1) is 0 Å². The van der Waals surface area contributed by atoms with Gasteiger partial charge in [0.15, 0.2) is 0 Å². The third-order valence-electron chi connectivity index (χ3n) is 2.27. The Balaban J connectivity index is 2.17. The highest BCUT2D eigenvalue weighted by Gasteiger charge is 2.09. The highest BCUT2D eigenvalue weighted by atomic mass is 79.9. The Kier molecular flexibility index (Phi) is 3.56. The van der Waals surface area contributed by atoms with E-state index in [1.54, 1.807) is 6.26 Å². The molecule has 1 aromatic heterocycles. The van der Waals surface area contributed by atoms with E-state index in [2.05, 4.69) is 21.2 Å². The maximum absolute atomic E-state index is 6.09. The van der Waals surface area contributed by atoms with Crippen LogP contribution in [0.3, 0.4) is 0 Å². The Morgan fingerprint density at radius 2 is 2.19 bits per heavy atom. The Labute approximate surface area is 108 Å². The number of hydrogen-bond acceptors (Lipinski definition) is 2. The van der Waals surface area contributed by atoms with Gasteiger partial charge < -0.3 is 9.73 Å². The largest absolute Gasteiger partial charge is 0.467 e. The van der Waals surface area contributed by atoms with E-state index in [4.69, 9.17) is 16.0 Å². The fourth-order valence-electron chi connectivity index (χ4n) is 1.45. The van der Waals surface area contributed by atoms with Gasteiger partial charge in [-0.25, -0.2) is 0 Å². The number of benzene rings is 1. The molecule has 0 aliphatic carbocycles. The molecular weight excluding hydrogens is 289 g/mol. The highest BCUT2D eigenvalue weighted by molar-refractivity contribution is 9.10. The molecule has 0 saturated heterocycles. The van der Waals surface area contributed by atoms with E-state index in [0.717, 1.165) is 15.9 Å². The predicted octanol–water partition coefficient (Wildman–Crippen LogP) is 4.87. The maximum atomic E-state index is 6.09. The summed E-state index contributed by atoms with van der Waals surface area (Å²) in [5, 5.41) is 3.99. The van der Waals surface area contributed by atoms with Crippen LogP contribution in [-0.2, 0) is 0 Å². The van der Waals surface area contributed by atoms with E-state index >= 15 is 0 Å². The summed E-state index contributed by atoms with van der Waals surface area (Å²) in [6.45, 7) is 2.02. The lowest BCUT2D eigenvalue weighted by atomic mass is 10.2. The molecule has 1 atom stereocenters. The van der Waals surface area contributed by atoms with Crippen LogP contribution in [0.1, 0.15) is 18.7 Å². The van der Waals surface area contributed by atoms with Crippen LogP contribution < -0.4 is 5.32 Å². The van der Waals surface area contributed by atoms with Crippen LogP contribution in [0.15, 0.2) is 45.5 Å². The third kappa shape index (κ3) is 2.60. The van der Waals surface area contributed by atoms with E-state index in [1.807, 2.05) is 37.3 Å². The van der Waals surface area contributed by atoms with Gasteiger partial charge in [-0.1, -0.05) is 27.5 Å². The number of rotatable bonds is 3. The third-order valence-corrected chi connectivity index (χ3v) is 3.09. The van der Waals surface area contributed by atoms with Crippen molar-refractivity contribution in [3.05, 3.63) is 51.9 Å². The molecule has 2 aromatic rings. The second kappa shape index (κ2) is 4.93. The molecule has 0 fully saturated rings. The highest BCUT2D eigenvalue weighted by Crippen LogP contribution is 2.29. The number of anilines is 1. The van der Waals surface area contributed by atoms with Crippen LogP contribution in [0.5, 0.6) is 0 Å². The van der Waals surface area contributed by atoms with Crippen molar-refractivity contribution >= 4 is 33.2 Å². The summed E-state index contributed by atoms with van der Waals surface area (Å²) in [4.78, 5) is 0. The molecule has 2 rings (SSSR count). The minimum absolute atomic E-state index is 0.0850. The monoisotopic (exact) mass is 299 g/mol. The molecule has 1 unspecified atom stereocenters. The first-order valence-corrected chi connectivity index (χ1v) is 6.09. The zero-order chi connectivity index (χ0) is 11.5. The van der Waals surface area contributed by atoms with E-state index in [-0.39, 0.29) is 6.04 Å². The SMILES string of the molecule is CC(Nc1cc(Br)ccc1Cl)c1ccco1. The van der Waals surface area contributed by atoms with Crippen molar-refractivity contribution in [3.8, 4) is 0 Å². The Morgan fingerprint density at radius 1 is 1.38 bits per heavy atom. The summed E-state index contributed by atoms with van der Waals surface area (Å²) in [6, 6.07) is 9.59. The molecule has 0 saturated carbocycles. The number of halogens is 2.